The van der Waals surface area contributed by atoms with Crippen LogP contribution in [0.5, 0.6) is 0 Å². The van der Waals surface area contributed by atoms with Gasteiger partial charge in [-0.15, -0.1) is 0 Å². The van der Waals surface area contributed by atoms with Gasteiger partial charge in [-0.2, -0.15) is 0 Å². The fourth-order valence-corrected chi connectivity index (χ4v) is 1.97. The van der Waals surface area contributed by atoms with E-state index in [2.05, 4.69) is 15.9 Å². The molecule has 0 spiro atoms. The van der Waals surface area contributed by atoms with Crippen LogP contribution in [0.4, 0.5) is 11.4 Å². The lowest BCUT2D eigenvalue weighted by Crippen LogP contribution is -2.14. The molecule has 0 radical (unpaired) electrons. The Bertz CT molecular complexity index is 484. The number of rotatable bonds is 3. The molecule has 2 aromatic carbocycles. The number of hydrogen-bond donors (Lipinski definition) is 0. The molecule has 0 aliphatic heterocycles. The third-order valence-corrected chi connectivity index (χ3v) is 2.92. The summed E-state index contributed by atoms with van der Waals surface area (Å²) in [5.74, 6) is 0. The molecule has 0 aliphatic carbocycles. The van der Waals surface area contributed by atoms with Crippen LogP contribution in [0.25, 0.3) is 0 Å². The first-order chi connectivity index (χ1) is 7.83. The Morgan fingerprint density at radius 2 is 1.56 bits per heavy atom. The maximum atomic E-state index is 11.2. The van der Waals surface area contributed by atoms with Gasteiger partial charge in [-0.05, 0) is 40.2 Å². The highest BCUT2D eigenvalue weighted by molar-refractivity contribution is 9.10. The van der Waals surface area contributed by atoms with Gasteiger partial charge < -0.3 is 0 Å². The van der Waals surface area contributed by atoms with Crippen molar-refractivity contribution in [3.8, 4) is 0 Å². The van der Waals surface area contributed by atoms with E-state index in [1.165, 1.54) is 0 Å². The van der Waals surface area contributed by atoms with Crippen LogP contribution in [0.3, 0.4) is 0 Å². The average Bonchev–Trinajstić information content (AvgIpc) is 2.34. The zero-order chi connectivity index (χ0) is 11.4. The second-order valence-corrected chi connectivity index (χ2v) is 4.12. The van der Waals surface area contributed by atoms with Crippen LogP contribution in [-0.4, -0.2) is 6.41 Å². The van der Waals surface area contributed by atoms with Crippen molar-refractivity contribution in [2.45, 2.75) is 0 Å². The van der Waals surface area contributed by atoms with Gasteiger partial charge in [-0.25, -0.2) is 0 Å². The summed E-state index contributed by atoms with van der Waals surface area (Å²) in [6, 6.07) is 17.2. The third kappa shape index (κ3) is 2.14. The number of anilines is 2. The predicted octanol–water partition coefficient (Wildman–Crippen LogP) is 3.74. The van der Waals surface area contributed by atoms with Crippen molar-refractivity contribution in [1.82, 2.24) is 0 Å². The van der Waals surface area contributed by atoms with Crippen LogP contribution in [0.15, 0.2) is 59.1 Å². The lowest BCUT2D eigenvalue weighted by Gasteiger charge is -2.18. The lowest BCUT2D eigenvalue weighted by atomic mass is 10.2. The summed E-state index contributed by atoms with van der Waals surface area (Å²) in [5.41, 5.74) is 1.69. The summed E-state index contributed by atoms with van der Waals surface area (Å²) in [5, 5.41) is 0. The van der Waals surface area contributed by atoms with E-state index < -0.39 is 0 Å². The molecule has 0 saturated heterocycles. The molecule has 0 heterocycles. The Morgan fingerprint density at radius 1 is 0.938 bits per heavy atom. The number of halogens is 1. The highest BCUT2D eigenvalue weighted by Crippen LogP contribution is 2.30. The van der Waals surface area contributed by atoms with Gasteiger partial charge in [0, 0.05) is 10.2 Å². The van der Waals surface area contributed by atoms with Crippen molar-refractivity contribution in [1.29, 1.82) is 0 Å². The number of benzene rings is 2. The van der Waals surface area contributed by atoms with Gasteiger partial charge in [0.1, 0.15) is 0 Å². The maximum Gasteiger partial charge on any atom is 0.218 e. The fourth-order valence-electron chi connectivity index (χ4n) is 1.49. The number of carbonyl (C=O) groups excluding carboxylic acids is 1. The molecule has 3 heteroatoms. The highest BCUT2D eigenvalue weighted by Gasteiger charge is 2.09. The molecule has 0 bridgehead atoms. The van der Waals surface area contributed by atoms with E-state index in [0.29, 0.717) is 0 Å². The van der Waals surface area contributed by atoms with Gasteiger partial charge in [0.2, 0.25) is 6.41 Å². The van der Waals surface area contributed by atoms with Gasteiger partial charge >= 0.3 is 0 Å². The molecular formula is C13H10BrNO. The SMILES string of the molecule is O=CN(c1ccccc1)c1ccccc1Br. The second kappa shape index (κ2) is 4.94. The van der Waals surface area contributed by atoms with E-state index in [0.717, 1.165) is 22.3 Å². The van der Waals surface area contributed by atoms with E-state index in [-0.39, 0.29) is 0 Å². The summed E-state index contributed by atoms with van der Waals surface area (Å²) in [4.78, 5) is 12.8. The minimum Gasteiger partial charge on any atom is -0.283 e. The van der Waals surface area contributed by atoms with Gasteiger partial charge in [-0.3, -0.25) is 9.69 Å². The van der Waals surface area contributed by atoms with Gasteiger partial charge in [0.15, 0.2) is 0 Å². The topological polar surface area (TPSA) is 20.3 Å². The number of hydrogen-bond acceptors (Lipinski definition) is 1. The lowest BCUT2D eigenvalue weighted by molar-refractivity contribution is -0.106. The Morgan fingerprint density at radius 3 is 2.19 bits per heavy atom. The third-order valence-electron chi connectivity index (χ3n) is 2.25. The summed E-state index contributed by atoms with van der Waals surface area (Å²) in [7, 11) is 0. The largest absolute Gasteiger partial charge is 0.283 e. The number of amides is 1. The number of carbonyl (C=O) groups is 1. The van der Waals surface area contributed by atoms with Crippen molar-refractivity contribution in [2.75, 3.05) is 4.90 Å². The zero-order valence-electron chi connectivity index (χ0n) is 8.51. The molecule has 0 unspecified atom stereocenters. The average molecular weight is 276 g/mol. The molecule has 0 atom stereocenters. The molecule has 0 N–H and O–H groups in total. The van der Waals surface area contributed by atoms with Crippen molar-refractivity contribution < 1.29 is 4.79 Å². The smallest absolute Gasteiger partial charge is 0.218 e. The fraction of sp³-hybridized carbons (Fsp3) is 0. The Hall–Kier alpha value is -1.61. The van der Waals surface area contributed by atoms with E-state index in [9.17, 15) is 4.79 Å². The van der Waals surface area contributed by atoms with Gasteiger partial charge in [0.05, 0.1) is 5.69 Å². The number of para-hydroxylation sites is 2. The minimum atomic E-state index is 0.815. The Kier molecular flexibility index (Phi) is 3.37. The van der Waals surface area contributed by atoms with Crippen LogP contribution in [0.1, 0.15) is 0 Å². The van der Waals surface area contributed by atoms with Crippen LogP contribution < -0.4 is 4.90 Å². The standard InChI is InChI=1S/C13H10BrNO/c14-12-8-4-5-9-13(12)15(10-16)11-6-2-1-3-7-11/h1-10H. The van der Waals surface area contributed by atoms with Crippen molar-refractivity contribution in [3.05, 3.63) is 59.1 Å². The first-order valence-electron chi connectivity index (χ1n) is 4.87. The summed E-state index contributed by atoms with van der Waals surface area (Å²) >= 11 is 3.43. The van der Waals surface area contributed by atoms with Gasteiger partial charge in [0.25, 0.3) is 0 Å². The first-order valence-corrected chi connectivity index (χ1v) is 5.66. The normalized spacial score (nSPS) is 9.81. The molecule has 0 fully saturated rings. The van der Waals surface area contributed by atoms with Crippen LogP contribution in [0, 0.1) is 0 Å². The first kappa shape index (κ1) is 10.9. The number of nitrogens with zero attached hydrogens (tertiary/aromatic N) is 1. The molecule has 2 rings (SSSR count). The minimum absolute atomic E-state index is 0.815. The molecule has 0 aromatic heterocycles. The predicted molar refractivity (Wildman–Crippen MR) is 68.8 cm³/mol. The maximum absolute atomic E-state index is 11.2. The van der Waals surface area contributed by atoms with Crippen molar-refractivity contribution >= 4 is 33.7 Å². The molecule has 80 valence electrons. The van der Waals surface area contributed by atoms with Gasteiger partial charge in [-0.1, -0.05) is 30.3 Å². The summed E-state index contributed by atoms with van der Waals surface area (Å²) in [6.07, 6.45) is 0.815. The summed E-state index contributed by atoms with van der Waals surface area (Å²) < 4.78 is 0.894. The molecule has 1 amide bonds. The van der Waals surface area contributed by atoms with Crippen LogP contribution >= 0.6 is 15.9 Å². The molecule has 0 aliphatic rings. The summed E-state index contributed by atoms with van der Waals surface area (Å²) in [6.45, 7) is 0. The van der Waals surface area contributed by atoms with Crippen molar-refractivity contribution in [2.24, 2.45) is 0 Å². The Balaban J connectivity index is 2.45. The van der Waals surface area contributed by atoms with E-state index in [1.54, 1.807) is 4.90 Å². The second-order valence-electron chi connectivity index (χ2n) is 3.26. The quantitative estimate of drug-likeness (QED) is 0.782. The van der Waals surface area contributed by atoms with Crippen molar-refractivity contribution in [3.63, 3.8) is 0 Å². The Labute approximate surface area is 103 Å². The van der Waals surface area contributed by atoms with E-state index in [4.69, 9.17) is 0 Å². The molecular weight excluding hydrogens is 266 g/mol. The molecule has 0 saturated carbocycles. The highest BCUT2D eigenvalue weighted by atomic mass is 79.9. The van der Waals surface area contributed by atoms with Crippen LogP contribution in [-0.2, 0) is 4.79 Å². The van der Waals surface area contributed by atoms with Crippen LogP contribution in [0.2, 0.25) is 0 Å². The monoisotopic (exact) mass is 275 g/mol. The molecule has 16 heavy (non-hydrogen) atoms. The molecule has 2 nitrogen and oxygen atoms in total. The van der Waals surface area contributed by atoms with E-state index in [1.807, 2.05) is 54.6 Å². The van der Waals surface area contributed by atoms with E-state index >= 15 is 0 Å². The molecule has 2 aromatic rings. The zero-order valence-corrected chi connectivity index (χ0v) is 10.1.